The van der Waals surface area contributed by atoms with Crippen LogP contribution in [0.3, 0.4) is 0 Å². The SMILES string of the molecule is CCC(=O)NCCC(OC1CN(C(=O)O)CCC1c1ccc(OCCCOCc2ccccc2OC)cc1)c1ccc2c(C)c[nH]c2c1Br. The fraction of sp³-hybridized carbons (Fsp3) is 0.421. The van der Waals surface area contributed by atoms with Crippen LogP contribution in [-0.4, -0.2) is 73.1 Å². The number of carboxylic acid groups (broad SMARTS) is 1. The lowest BCUT2D eigenvalue weighted by molar-refractivity contribution is -0.121. The van der Waals surface area contributed by atoms with Crippen LogP contribution >= 0.6 is 15.9 Å². The van der Waals surface area contributed by atoms with Crippen molar-refractivity contribution in [3.05, 3.63) is 93.6 Å². The number of amides is 2. The third-order valence-corrected chi connectivity index (χ3v) is 9.91. The van der Waals surface area contributed by atoms with E-state index in [2.05, 4.69) is 45.3 Å². The number of piperidine rings is 1. The van der Waals surface area contributed by atoms with Crippen molar-refractivity contribution in [1.29, 1.82) is 0 Å². The van der Waals surface area contributed by atoms with Gasteiger partial charge in [-0.05, 0) is 70.6 Å². The smallest absolute Gasteiger partial charge is 0.407 e. The standard InChI is InChI=1S/C38H46BrN3O7/c1-4-35(43)40-18-16-33(31-15-14-29-25(2)22-41-37(29)36(31)39)49-34-23-42(38(44)45)19-17-30(34)26-10-12-28(13-11-26)48-21-7-20-47-24-27-8-5-6-9-32(27)46-3/h5-6,8-15,22,30,33-34,41H,4,7,16-21,23-24H2,1-3H3,(H,40,43)(H,44,45). The molecule has 49 heavy (non-hydrogen) atoms. The highest BCUT2D eigenvalue weighted by Crippen LogP contribution is 2.39. The zero-order chi connectivity index (χ0) is 34.8. The molecule has 0 radical (unpaired) electrons. The van der Waals surface area contributed by atoms with Gasteiger partial charge < -0.3 is 39.3 Å². The predicted molar refractivity (Wildman–Crippen MR) is 192 cm³/mol. The molecule has 11 heteroatoms. The minimum atomic E-state index is -0.959. The molecule has 1 aromatic heterocycles. The summed E-state index contributed by atoms with van der Waals surface area (Å²) in [7, 11) is 1.66. The van der Waals surface area contributed by atoms with Gasteiger partial charge in [-0.1, -0.05) is 49.4 Å². The highest BCUT2D eigenvalue weighted by Gasteiger charge is 2.35. The second kappa shape index (κ2) is 17.6. The molecule has 262 valence electrons. The number of hydrogen-bond donors (Lipinski definition) is 3. The Morgan fingerprint density at radius 1 is 1.10 bits per heavy atom. The summed E-state index contributed by atoms with van der Waals surface area (Å²) >= 11 is 3.82. The minimum Gasteiger partial charge on any atom is -0.496 e. The number of aromatic nitrogens is 1. The number of methoxy groups -OCH3 is 1. The van der Waals surface area contributed by atoms with Gasteiger partial charge in [0.2, 0.25) is 5.91 Å². The molecule has 3 atom stereocenters. The van der Waals surface area contributed by atoms with E-state index in [1.165, 1.54) is 4.90 Å². The Labute approximate surface area is 296 Å². The van der Waals surface area contributed by atoms with E-state index < -0.39 is 18.3 Å². The van der Waals surface area contributed by atoms with Gasteiger partial charge >= 0.3 is 6.09 Å². The number of carbonyl (C=O) groups is 2. The molecular weight excluding hydrogens is 690 g/mol. The van der Waals surface area contributed by atoms with Crippen molar-refractivity contribution in [2.75, 3.05) is 40.0 Å². The zero-order valence-electron chi connectivity index (χ0n) is 28.4. The Morgan fingerprint density at radius 2 is 1.90 bits per heavy atom. The summed E-state index contributed by atoms with van der Waals surface area (Å²) < 4.78 is 25.0. The number of fused-ring (bicyclic) bond motifs is 1. The fourth-order valence-electron chi connectivity index (χ4n) is 6.32. The van der Waals surface area contributed by atoms with Crippen molar-refractivity contribution >= 4 is 38.8 Å². The van der Waals surface area contributed by atoms with E-state index in [1.54, 1.807) is 7.11 Å². The van der Waals surface area contributed by atoms with Crippen molar-refractivity contribution < 1.29 is 33.6 Å². The maximum atomic E-state index is 12.1. The van der Waals surface area contributed by atoms with Gasteiger partial charge in [-0.3, -0.25) is 4.79 Å². The van der Waals surface area contributed by atoms with Crippen LogP contribution < -0.4 is 14.8 Å². The quantitative estimate of drug-likeness (QED) is 0.101. The molecule has 3 N–H and O–H groups in total. The van der Waals surface area contributed by atoms with Gasteiger partial charge in [0.15, 0.2) is 0 Å². The molecule has 3 unspecified atom stereocenters. The van der Waals surface area contributed by atoms with Crippen molar-refractivity contribution in [1.82, 2.24) is 15.2 Å². The maximum Gasteiger partial charge on any atom is 0.407 e. The van der Waals surface area contributed by atoms with Gasteiger partial charge in [0.25, 0.3) is 0 Å². The normalized spacial score (nSPS) is 16.8. The Hall–Kier alpha value is -4.06. The number of para-hydroxylation sites is 1. The molecule has 0 saturated carbocycles. The van der Waals surface area contributed by atoms with Gasteiger partial charge in [0.05, 0.1) is 51.2 Å². The lowest BCUT2D eigenvalue weighted by atomic mass is 9.86. The van der Waals surface area contributed by atoms with Crippen molar-refractivity contribution in [2.24, 2.45) is 0 Å². The molecule has 1 aliphatic heterocycles. The zero-order valence-corrected chi connectivity index (χ0v) is 30.0. The highest BCUT2D eigenvalue weighted by molar-refractivity contribution is 9.10. The number of nitrogens with one attached hydrogen (secondary N) is 2. The maximum absolute atomic E-state index is 12.1. The molecule has 2 amide bonds. The molecule has 2 heterocycles. The topological polar surface area (TPSA) is 122 Å². The second-order valence-electron chi connectivity index (χ2n) is 12.3. The number of hydrogen-bond acceptors (Lipinski definition) is 6. The molecule has 0 bridgehead atoms. The first-order valence-corrected chi connectivity index (χ1v) is 17.7. The fourth-order valence-corrected chi connectivity index (χ4v) is 7.04. The summed E-state index contributed by atoms with van der Waals surface area (Å²) in [6.45, 7) is 6.54. The average Bonchev–Trinajstić information content (AvgIpc) is 3.50. The van der Waals surface area contributed by atoms with E-state index in [9.17, 15) is 14.7 Å². The summed E-state index contributed by atoms with van der Waals surface area (Å²) in [5, 5.41) is 14.0. The number of H-pyrrole nitrogens is 1. The van der Waals surface area contributed by atoms with Crippen LogP contribution in [-0.2, 0) is 20.9 Å². The number of halogens is 1. The molecule has 1 aliphatic rings. The first-order chi connectivity index (χ1) is 23.8. The molecule has 0 aliphatic carbocycles. The van der Waals surface area contributed by atoms with Crippen LogP contribution in [0.2, 0.25) is 0 Å². The van der Waals surface area contributed by atoms with Crippen molar-refractivity contribution in [3.8, 4) is 11.5 Å². The minimum absolute atomic E-state index is 0.0245. The first-order valence-electron chi connectivity index (χ1n) is 16.9. The predicted octanol–water partition coefficient (Wildman–Crippen LogP) is 7.74. The number of benzene rings is 3. The Morgan fingerprint density at radius 3 is 2.65 bits per heavy atom. The van der Waals surface area contributed by atoms with E-state index >= 15 is 0 Å². The van der Waals surface area contributed by atoms with Crippen LogP contribution in [0.4, 0.5) is 4.79 Å². The molecule has 0 spiro atoms. The van der Waals surface area contributed by atoms with Gasteiger partial charge in [-0.25, -0.2) is 4.79 Å². The van der Waals surface area contributed by atoms with Crippen LogP contribution in [0.1, 0.15) is 66.9 Å². The summed E-state index contributed by atoms with van der Waals surface area (Å²) in [6.07, 6.45) is 2.51. The summed E-state index contributed by atoms with van der Waals surface area (Å²) in [6, 6.07) is 20.0. The molecule has 4 aromatic rings. The number of likely N-dealkylation sites (tertiary alicyclic amines) is 1. The average molecular weight is 737 g/mol. The van der Waals surface area contributed by atoms with Crippen LogP contribution in [0.25, 0.3) is 10.9 Å². The Balaban J connectivity index is 1.25. The molecule has 3 aromatic carbocycles. The number of nitrogens with zero attached hydrogens (tertiary/aromatic N) is 1. The van der Waals surface area contributed by atoms with E-state index in [0.29, 0.717) is 52.2 Å². The monoisotopic (exact) mass is 735 g/mol. The number of aromatic amines is 1. The number of carbonyl (C=O) groups excluding carboxylic acids is 1. The van der Waals surface area contributed by atoms with E-state index in [1.807, 2.05) is 61.7 Å². The number of rotatable bonds is 16. The van der Waals surface area contributed by atoms with Crippen LogP contribution in [0.15, 0.2) is 71.3 Å². The van der Waals surface area contributed by atoms with Gasteiger partial charge in [-0.2, -0.15) is 0 Å². The third-order valence-electron chi connectivity index (χ3n) is 9.06. The Bertz CT molecular complexity index is 1690. The Kier molecular flexibility index (Phi) is 13.0. The molecule has 1 saturated heterocycles. The highest BCUT2D eigenvalue weighted by atomic mass is 79.9. The van der Waals surface area contributed by atoms with Gasteiger partial charge in [0, 0.05) is 53.5 Å². The lowest BCUT2D eigenvalue weighted by Crippen LogP contribution is -2.46. The van der Waals surface area contributed by atoms with Crippen molar-refractivity contribution in [3.63, 3.8) is 0 Å². The molecule has 1 fully saturated rings. The van der Waals surface area contributed by atoms with E-state index in [-0.39, 0.29) is 18.4 Å². The number of aryl methyl sites for hydroxylation is 1. The van der Waals surface area contributed by atoms with Gasteiger partial charge in [0.1, 0.15) is 11.5 Å². The van der Waals surface area contributed by atoms with E-state index in [0.717, 1.165) is 55.5 Å². The largest absolute Gasteiger partial charge is 0.496 e. The van der Waals surface area contributed by atoms with E-state index in [4.69, 9.17) is 18.9 Å². The summed E-state index contributed by atoms with van der Waals surface area (Å²) in [5.74, 6) is 1.52. The van der Waals surface area contributed by atoms with Gasteiger partial charge in [-0.15, -0.1) is 0 Å². The summed E-state index contributed by atoms with van der Waals surface area (Å²) in [5.41, 5.74) is 5.14. The first kappa shape index (κ1) is 36.2. The van der Waals surface area contributed by atoms with Crippen molar-refractivity contribution in [2.45, 2.75) is 64.3 Å². The molecule has 10 nitrogen and oxygen atoms in total. The molecular formula is C38H46BrN3O7. The second-order valence-corrected chi connectivity index (χ2v) is 13.1. The number of ether oxygens (including phenoxy) is 4. The van der Waals surface area contributed by atoms with Crippen LogP contribution in [0, 0.1) is 6.92 Å². The molecule has 5 rings (SSSR count). The van der Waals surface area contributed by atoms with Crippen LogP contribution in [0.5, 0.6) is 11.5 Å². The third kappa shape index (κ3) is 9.35. The lowest BCUT2D eigenvalue weighted by Gasteiger charge is -2.39. The summed E-state index contributed by atoms with van der Waals surface area (Å²) in [4.78, 5) is 28.9.